The second kappa shape index (κ2) is 6.04. The van der Waals surface area contributed by atoms with Crippen LogP contribution in [0.3, 0.4) is 0 Å². The largest absolute Gasteiger partial charge is 0.0984 e. The van der Waals surface area contributed by atoms with Crippen LogP contribution in [0, 0.1) is 20.8 Å². The number of aryl methyl sites for hydroxylation is 3. The molecule has 0 bridgehead atoms. The van der Waals surface area contributed by atoms with Crippen molar-refractivity contribution in [3.05, 3.63) is 69.6 Å². The highest BCUT2D eigenvalue weighted by atomic mass is 14.2. The molecule has 23 heavy (non-hydrogen) atoms. The van der Waals surface area contributed by atoms with E-state index in [0.29, 0.717) is 0 Å². The molecule has 3 rings (SSSR count). The minimum Gasteiger partial charge on any atom is -0.0984 e. The van der Waals surface area contributed by atoms with E-state index in [1.807, 2.05) is 12.2 Å². The van der Waals surface area contributed by atoms with Crippen LogP contribution < -0.4 is 10.4 Å². The molecule has 0 atom stereocenters. The fourth-order valence-corrected chi connectivity index (χ4v) is 3.78. The minimum atomic E-state index is 1.12. The number of rotatable bonds is 3. The Labute approximate surface area is 139 Å². The van der Waals surface area contributed by atoms with Crippen LogP contribution >= 0.6 is 0 Å². The molecule has 2 aromatic rings. The van der Waals surface area contributed by atoms with E-state index in [2.05, 4.69) is 64.3 Å². The first-order valence-corrected chi connectivity index (χ1v) is 8.28. The number of hydrogen-bond acceptors (Lipinski definition) is 0. The fraction of sp³-hybridized carbons (Fsp3) is 0.217. The molecule has 0 aromatic heterocycles. The first kappa shape index (κ1) is 15.6. The lowest BCUT2D eigenvalue weighted by Gasteiger charge is -2.18. The van der Waals surface area contributed by atoms with Crippen LogP contribution in [0.5, 0.6) is 0 Å². The SMILES string of the molecule is C=Cc1c(C)cc(C)c(-c2ccc(C)c3c2=CCCC=3)c1C=C. The van der Waals surface area contributed by atoms with Crippen molar-refractivity contribution in [2.45, 2.75) is 33.6 Å². The lowest BCUT2D eigenvalue weighted by atomic mass is 9.86. The molecular weight excluding hydrogens is 276 g/mol. The van der Waals surface area contributed by atoms with Gasteiger partial charge in [0, 0.05) is 0 Å². The normalized spacial score (nSPS) is 12.8. The summed E-state index contributed by atoms with van der Waals surface area (Å²) in [6.07, 6.45) is 10.9. The lowest BCUT2D eigenvalue weighted by molar-refractivity contribution is 1.11. The fourth-order valence-electron chi connectivity index (χ4n) is 3.78. The maximum atomic E-state index is 4.07. The van der Waals surface area contributed by atoms with Gasteiger partial charge in [0.2, 0.25) is 0 Å². The Morgan fingerprint density at radius 2 is 1.43 bits per heavy atom. The Bertz CT molecular complexity index is 924. The van der Waals surface area contributed by atoms with Gasteiger partial charge in [-0.25, -0.2) is 0 Å². The Kier molecular flexibility index (Phi) is 4.09. The summed E-state index contributed by atoms with van der Waals surface area (Å²) in [6, 6.07) is 6.77. The standard InChI is InChI=1S/C23H24/c1-6-18-16(4)14-17(5)23(19(18)7-2)22-13-12-15(3)20-10-8-9-11-21(20)22/h6-7,10-14H,1-2,8-9H2,3-5H3. The van der Waals surface area contributed by atoms with Crippen molar-refractivity contribution < 1.29 is 0 Å². The number of hydrogen-bond donors (Lipinski definition) is 0. The highest BCUT2D eigenvalue weighted by Gasteiger charge is 2.14. The van der Waals surface area contributed by atoms with Crippen LogP contribution in [0.2, 0.25) is 0 Å². The van der Waals surface area contributed by atoms with Gasteiger partial charge in [-0.05, 0) is 83.0 Å². The smallest absolute Gasteiger partial charge is 0.00700 e. The second-order valence-electron chi connectivity index (χ2n) is 6.36. The predicted octanol–water partition coefficient (Wildman–Crippen LogP) is 4.92. The molecule has 2 aromatic carbocycles. The van der Waals surface area contributed by atoms with Crippen LogP contribution in [0.25, 0.3) is 35.4 Å². The molecule has 0 heteroatoms. The van der Waals surface area contributed by atoms with Crippen LogP contribution in [0.1, 0.15) is 40.7 Å². The van der Waals surface area contributed by atoms with Gasteiger partial charge in [-0.15, -0.1) is 0 Å². The van der Waals surface area contributed by atoms with Crippen LogP contribution in [-0.4, -0.2) is 0 Å². The van der Waals surface area contributed by atoms with E-state index < -0.39 is 0 Å². The van der Waals surface area contributed by atoms with Gasteiger partial charge < -0.3 is 0 Å². The summed E-state index contributed by atoms with van der Waals surface area (Å²) in [7, 11) is 0. The van der Waals surface area contributed by atoms with Crippen LogP contribution in [0.4, 0.5) is 0 Å². The molecule has 0 saturated carbocycles. The van der Waals surface area contributed by atoms with E-state index in [9.17, 15) is 0 Å². The summed E-state index contributed by atoms with van der Waals surface area (Å²) in [5, 5.41) is 2.77. The molecular formula is C23H24. The first-order chi connectivity index (χ1) is 11.1. The molecule has 0 N–H and O–H groups in total. The zero-order valence-corrected chi connectivity index (χ0v) is 14.4. The van der Waals surface area contributed by atoms with Gasteiger partial charge in [-0.2, -0.15) is 0 Å². The van der Waals surface area contributed by atoms with E-state index in [4.69, 9.17) is 0 Å². The highest BCUT2D eigenvalue weighted by Crippen LogP contribution is 2.32. The summed E-state index contributed by atoms with van der Waals surface area (Å²) in [4.78, 5) is 0. The van der Waals surface area contributed by atoms with Gasteiger partial charge in [0.1, 0.15) is 0 Å². The summed E-state index contributed by atoms with van der Waals surface area (Å²) < 4.78 is 0. The first-order valence-electron chi connectivity index (χ1n) is 8.28. The number of benzene rings is 2. The third-order valence-corrected chi connectivity index (χ3v) is 4.86. The molecule has 116 valence electrons. The third-order valence-electron chi connectivity index (χ3n) is 4.86. The van der Waals surface area contributed by atoms with Crippen molar-refractivity contribution in [3.63, 3.8) is 0 Å². The molecule has 0 radical (unpaired) electrons. The van der Waals surface area contributed by atoms with Gasteiger partial charge in [-0.3, -0.25) is 0 Å². The molecule has 0 spiro atoms. The Morgan fingerprint density at radius 1 is 0.783 bits per heavy atom. The Hall–Kier alpha value is -2.34. The average Bonchev–Trinajstić information content (AvgIpc) is 2.55. The van der Waals surface area contributed by atoms with E-state index in [-0.39, 0.29) is 0 Å². The molecule has 0 heterocycles. The molecule has 0 saturated heterocycles. The molecule has 0 nitrogen and oxygen atoms in total. The quantitative estimate of drug-likeness (QED) is 0.755. The van der Waals surface area contributed by atoms with Gasteiger partial charge >= 0.3 is 0 Å². The van der Waals surface area contributed by atoms with Gasteiger partial charge in [0.15, 0.2) is 0 Å². The summed E-state index contributed by atoms with van der Waals surface area (Å²) in [6.45, 7) is 14.6. The summed E-state index contributed by atoms with van der Waals surface area (Å²) >= 11 is 0. The van der Waals surface area contributed by atoms with Crippen molar-refractivity contribution in [2.24, 2.45) is 0 Å². The summed E-state index contributed by atoms with van der Waals surface area (Å²) in [5.41, 5.74) is 8.91. The molecule has 0 fully saturated rings. The van der Waals surface area contributed by atoms with E-state index >= 15 is 0 Å². The van der Waals surface area contributed by atoms with Crippen molar-refractivity contribution in [1.29, 1.82) is 0 Å². The highest BCUT2D eigenvalue weighted by molar-refractivity contribution is 5.84. The Balaban J connectivity index is 2.47. The summed E-state index contributed by atoms with van der Waals surface area (Å²) in [5.74, 6) is 0. The zero-order valence-electron chi connectivity index (χ0n) is 14.4. The van der Waals surface area contributed by atoms with Crippen molar-refractivity contribution in [1.82, 2.24) is 0 Å². The van der Waals surface area contributed by atoms with Crippen molar-refractivity contribution >= 4 is 24.3 Å². The topological polar surface area (TPSA) is 0 Å². The molecule has 1 aliphatic rings. The lowest BCUT2D eigenvalue weighted by Crippen LogP contribution is -2.31. The minimum absolute atomic E-state index is 1.12. The third kappa shape index (κ3) is 2.49. The predicted molar refractivity (Wildman–Crippen MR) is 104 cm³/mol. The van der Waals surface area contributed by atoms with Crippen LogP contribution in [-0.2, 0) is 0 Å². The zero-order chi connectivity index (χ0) is 16.6. The van der Waals surface area contributed by atoms with Gasteiger partial charge in [0.25, 0.3) is 0 Å². The molecule has 0 unspecified atom stereocenters. The van der Waals surface area contributed by atoms with Crippen molar-refractivity contribution in [3.8, 4) is 11.1 Å². The monoisotopic (exact) mass is 300 g/mol. The molecule has 0 aliphatic heterocycles. The maximum Gasteiger partial charge on any atom is -0.00700 e. The second-order valence-corrected chi connectivity index (χ2v) is 6.36. The Morgan fingerprint density at radius 3 is 2.09 bits per heavy atom. The van der Waals surface area contributed by atoms with E-state index in [1.165, 1.54) is 49.4 Å². The number of fused-ring (bicyclic) bond motifs is 1. The van der Waals surface area contributed by atoms with E-state index in [0.717, 1.165) is 12.8 Å². The van der Waals surface area contributed by atoms with E-state index in [1.54, 1.807) is 0 Å². The average molecular weight is 300 g/mol. The van der Waals surface area contributed by atoms with Gasteiger partial charge in [-0.1, -0.05) is 55.7 Å². The molecule has 1 aliphatic carbocycles. The molecule has 0 amide bonds. The van der Waals surface area contributed by atoms with Crippen LogP contribution in [0.15, 0.2) is 31.4 Å². The maximum absolute atomic E-state index is 4.07. The van der Waals surface area contributed by atoms with Gasteiger partial charge in [0.05, 0.1) is 0 Å². The van der Waals surface area contributed by atoms with Crippen molar-refractivity contribution in [2.75, 3.05) is 0 Å².